The molecule has 1 heterocycles. The molecule has 1 saturated heterocycles. The summed E-state index contributed by atoms with van der Waals surface area (Å²) in [4.78, 5) is 0.175. The predicted octanol–water partition coefficient (Wildman–Crippen LogP) is 2.57. The molecule has 1 N–H and O–H groups in total. The van der Waals surface area contributed by atoms with Gasteiger partial charge in [-0.3, -0.25) is 4.72 Å². The number of rotatable bonds is 6. The molecule has 22 heavy (non-hydrogen) atoms. The molecule has 1 aliphatic heterocycles. The largest absolute Gasteiger partial charge is 0.490 e. The summed E-state index contributed by atoms with van der Waals surface area (Å²) in [7, 11) is -3.64. The van der Waals surface area contributed by atoms with Gasteiger partial charge >= 0.3 is 0 Å². The van der Waals surface area contributed by atoms with Gasteiger partial charge in [-0.2, -0.15) is 0 Å². The number of aryl methyl sites for hydroxylation is 1. The third kappa shape index (κ3) is 3.58. The zero-order valence-corrected chi connectivity index (χ0v) is 13.0. The smallest absolute Gasteiger partial charge is 0.262 e. The Bertz CT molecular complexity index is 755. The number of anilines is 1. The van der Waals surface area contributed by atoms with Crippen molar-refractivity contribution in [3.63, 3.8) is 0 Å². The molecule has 116 valence electrons. The van der Waals surface area contributed by atoms with Gasteiger partial charge in [-0.25, -0.2) is 8.42 Å². The minimum Gasteiger partial charge on any atom is -0.490 e. The molecule has 0 amide bonds. The predicted molar refractivity (Wildman–Crippen MR) is 83.7 cm³/mol. The van der Waals surface area contributed by atoms with E-state index in [1.165, 1.54) is 0 Å². The van der Waals surface area contributed by atoms with Crippen LogP contribution >= 0.6 is 0 Å². The average Bonchev–Trinajstić information content (AvgIpc) is 3.31. The molecule has 0 radical (unpaired) electrons. The van der Waals surface area contributed by atoms with E-state index < -0.39 is 10.0 Å². The molecule has 0 aliphatic carbocycles. The highest BCUT2D eigenvalue weighted by Crippen LogP contribution is 2.25. The maximum absolute atomic E-state index is 12.4. The van der Waals surface area contributed by atoms with Crippen LogP contribution in [-0.4, -0.2) is 27.7 Å². The molecule has 1 aliphatic rings. The number of ether oxygens (including phenoxy) is 2. The van der Waals surface area contributed by atoms with E-state index >= 15 is 0 Å². The van der Waals surface area contributed by atoms with Gasteiger partial charge in [0, 0.05) is 11.8 Å². The summed E-state index contributed by atoms with van der Waals surface area (Å²) in [6, 6.07) is 13.6. The fraction of sp³-hybridized carbons (Fsp3) is 0.250. The molecule has 2 aromatic carbocycles. The van der Waals surface area contributed by atoms with Gasteiger partial charge in [-0.05, 0) is 30.7 Å². The number of sulfonamides is 1. The minimum atomic E-state index is -3.64. The molecule has 5 nitrogen and oxygen atoms in total. The fourth-order valence-corrected chi connectivity index (χ4v) is 3.04. The molecule has 1 fully saturated rings. The van der Waals surface area contributed by atoms with Crippen molar-refractivity contribution in [1.82, 2.24) is 0 Å². The van der Waals surface area contributed by atoms with E-state index in [2.05, 4.69) is 4.72 Å². The molecule has 1 atom stereocenters. The molecular formula is C16H17NO4S. The number of para-hydroxylation sites is 1. The molecule has 6 heteroatoms. The fourth-order valence-electron chi connectivity index (χ4n) is 1.97. The molecule has 0 spiro atoms. The average molecular weight is 319 g/mol. The second-order valence-electron chi connectivity index (χ2n) is 5.17. The monoisotopic (exact) mass is 319 g/mol. The van der Waals surface area contributed by atoms with Gasteiger partial charge in [0.15, 0.2) is 0 Å². The SMILES string of the molecule is Cc1ccc(S(=O)(=O)Nc2ccccc2)cc1OCC1CO1. The first-order valence-electron chi connectivity index (χ1n) is 6.97. The summed E-state index contributed by atoms with van der Waals surface area (Å²) in [5.41, 5.74) is 1.41. The Balaban J connectivity index is 1.81. The number of benzene rings is 2. The van der Waals surface area contributed by atoms with Crippen molar-refractivity contribution in [2.75, 3.05) is 17.9 Å². The van der Waals surface area contributed by atoms with Gasteiger partial charge < -0.3 is 9.47 Å². The highest BCUT2D eigenvalue weighted by molar-refractivity contribution is 7.92. The third-order valence-corrected chi connectivity index (χ3v) is 4.70. The van der Waals surface area contributed by atoms with Crippen molar-refractivity contribution in [3.8, 4) is 5.75 Å². The van der Waals surface area contributed by atoms with Crippen LogP contribution in [0.5, 0.6) is 5.75 Å². The zero-order valence-electron chi connectivity index (χ0n) is 12.2. The van der Waals surface area contributed by atoms with Gasteiger partial charge in [-0.1, -0.05) is 24.3 Å². The lowest BCUT2D eigenvalue weighted by molar-refractivity contribution is 0.261. The Kier molecular flexibility index (Phi) is 4.04. The van der Waals surface area contributed by atoms with E-state index in [1.807, 2.05) is 13.0 Å². The number of hydrogen-bond donors (Lipinski definition) is 1. The van der Waals surface area contributed by atoms with Gasteiger partial charge in [0.25, 0.3) is 10.0 Å². The lowest BCUT2D eigenvalue weighted by Gasteiger charge is -2.12. The molecule has 0 aromatic heterocycles. The Morgan fingerprint density at radius 2 is 1.95 bits per heavy atom. The third-order valence-electron chi connectivity index (χ3n) is 3.32. The van der Waals surface area contributed by atoms with E-state index in [1.54, 1.807) is 42.5 Å². The summed E-state index contributed by atoms with van der Waals surface area (Å²) in [6.07, 6.45) is 0.127. The van der Waals surface area contributed by atoms with Crippen LogP contribution in [0.4, 0.5) is 5.69 Å². The van der Waals surface area contributed by atoms with Gasteiger partial charge in [0.05, 0.1) is 11.5 Å². The Hall–Kier alpha value is -2.05. The molecule has 0 bridgehead atoms. The maximum atomic E-state index is 12.4. The highest BCUT2D eigenvalue weighted by atomic mass is 32.2. The van der Waals surface area contributed by atoms with E-state index in [0.29, 0.717) is 24.7 Å². The lowest BCUT2D eigenvalue weighted by atomic mass is 10.2. The standard InChI is InChI=1S/C16H17NO4S/c1-12-7-8-15(9-16(12)21-11-14-10-20-14)22(18,19)17-13-5-3-2-4-6-13/h2-9,14,17H,10-11H2,1H3. The van der Waals surface area contributed by atoms with Crippen LogP contribution in [0.25, 0.3) is 0 Å². The first-order chi connectivity index (χ1) is 10.5. The van der Waals surface area contributed by atoms with Crippen molar-refractivity contribution >= 4 is 15.7 Å². The maximum Gasteiger partial charge on any atom is 0.262 e. The summed E-state index contributed by atoms with van der Waals surface area (Å²) in [5, 5.41) is 0. The van der Waals surface area contributed by atoms with Gasteiger partial charge in [0.1, 0.15) is 18.5 Å². The quantitative estimate of drug-likeness (QED) is 0.831. The van der Waals surface area contributed by atoms with Crippen LogP contribution in [0.3, 0.4) is 0 Å². The zero-order chi connectivity index (χ0) is 15.6. The van der Waals surface area contributed by atoms with E-state index in [0.717, 1.165) is 5.56 Å². The number of epoxide rings is 1. The van der Waals surface area contributed by atoms with Crippen LogP contribution < -0.4 is 9.46 Å². The summed E-state index contributed by atoms with van der Waals surface area (Å²) < 4.78 is 38.1. The van der Waals surface area contributed by atoms with Crippen LogP contribution in [0.1, 0.15) is 5.56 Å². The van der Waals surface area contributed by atoms with Gasteiger partial charge in [0.2, 0.25) is 0 Å². The van der Waals surface area contributed by atoms with Crippen LogP contribution in [0, 0.1) is 6.92 Å². The first kappa shape index (κ1) is 14.9. The van der Waals surface area contributed by atoms with Crippen molar-refractivity contribution < 1.29 is 17.9 Å². The van der Waals surface area contributed by atoms with Crippen molar-refractivity contribution in [2.45, 2.75) is 17.9 Å². The molecule has 3 rings (SSSR count). The van der Waals surface area contributed by atoms with Crippen molar-refractivity contribution in [2.24, 2.45) is 0 Å². The molecule has 0 saturated carbocycles. The van der Waals surface area contributed by atoms with E-state index in [4.69, 9.17) is 9.47 Å². The second-order valence-corrected chi connectivity index (χ2v) is 6.85. The second kappa shape index (κ2) is 5.98. The lowest BCUT2D eigenvalue weighted by Crippen LogP contribution is -2.13. The molecule has 1 unspecified atom stereocenters. The van der Waals surface area contributed by atoms with Crippen LogP contribution in [0.15, 0.2) is 53.4 Å². The molecular weight excluding hydrogens is 302 g/mol. The van der Waals surface area contributed by atoms with Crippen molar-refractivity contribution in [3.05, 3.63) is 54.1 Å². The first-order valence-corrected chi connectivity index (χ1v) is 8.46. The summed E-state index contributed by atoms with van der Waals surface area (Å²) >= 11 is 0. The van der Waals surface area contributed by atoms with Crippen molar-refractivity contribution in [1.29, 1.82) is 0 Å². The van der Waals surface area contributed by atoms with E-state index in [-0.39, 0.29) is 11.0 Å². The van der Waals surface area contributed by atoms with Crippen LogP contribution in [-0.2, 0) is 14.8 Å². The highest BCUT2D eigenvalue weighted by Gasteiger charge is 2.24. The Labute approximate surface area is 129 Å². The molecule has 2 aromatic rings. The summed E-state index contributed by atoms with van der Waals surface area (Å²) in [6.45, 7) is 3.02. The van der Waals surface area contributed by atoms with Crippen LogP contribution in [0.2, 0.25) is 0 Å². The van der Waals surface area contributed by atoms with E-state index in [9.17, 15) is 8.42 Å². The Morgan fingerprint density at radius 1 is 1.23 bits per heavy atom. The topological polar surface area (TPSA) is 67.9 Å². The minimum absolute atomic E-state index is 0.127. The summed E-state index contributed by atoms with van der Waals surface area (Å²) in [5.74, 6) is 0.562. The number of hydrogen-bond acceptors (Lipinski definition) is 4. The number of nitrogens with one attached hydrogen (secondary N) is 1. The normalized spacial score (nSPS) is 17.0. The van der Waals surface area contributed by atoms with Gasteiger partial charge in [-0.15, -0.1) is 0 Å². The Morgan fingerprint density at radius 3 is 2.64 bits per heavy atom.